The van der Waals surface area contributed by atoms with Gasteiger partial charge in [0.2, 0.25) is 5.91 Å². The lowest BCUT2D eigenvalue weighted by atomic mass is 10.2. The smallest absolute Gasteiger partial charge is 0.344 e. The van der Waals surface area contributed by atoms with Crippen LogP contribution in [-0.4, -0.2) is 48.6 Å². The van der Waals surface area contributed by atoms with Crippen LogP contribution in [0.5, 0.6) is 0 Å². The Kier molecular flexibility index (Phi) is 6.82. The van der Waals surface area contributed by atoms with Gasteiger partial charge >= 0.3 is 6.18 Å². The van der Waals surface area contributed by atoms with Crippen molar-refractivity contribution in [2.45, 2.75) is 25.1 Å². The number of thioether (sulfide) groups is 1. The fraction of sp³-hybridized carbons (Fsp3) is 0.889. The molecule has 7 heteroatoms. The molecule has 0 aliphatic carbocycles. The predicted octanol–water partition coefficient (Wildman–Crippen LogP) is 1.48. The summed E-state index contributed by atoms with van der Waals surface area (Å²) in [5.41, 5.74) is 5.56. The Morgan fingerprint density at radius 1 is 1.50 bits per heavy atom. The number of halogens is 3. The second-order valence-electron chi connectivity index (χ2n) is 3.51. The Hall–Kier alpha value is -0.430. The van der Waals surface area contributed by atoms with Crippen LogP contribution >= 0.6 is 11.8 Å². The molecule has 0 saturated carbocycles. The first-order chi connectivity index (χ1) is 7.28. The average Bonchev–Trinajstić information content (AvgIpc) is 2.20. The Balaban J connectivity index is 3.98. The maximum Gasteiger partial charge on any atom is 0.390 e. The molecule has 96 valence electrons. The number of amides is 1. The lowest BCUT2D eigenvalue weighted by Crippen LogP contribution is -2.43. The molecule has 0 fully saturated rings. The number of carbonyl (C=O) groups is 1. The van der Waals surface area contributed by atoms with E-state index in [-0.39, 0.29) is 6.54 Å². The minimum atomic E-state index is -4.24. The number of nitrogens with zero attached hydrogens (tertiary/aromatic N) is 1. The number of alkyl halides is 3. The van der Waals surface area contributed by atoms with Gasteiger partial charge < -0.3 is 10.6 Å². The maximum absolute atomic E-state index is 11.9. The van der Waals surface area contributed by atoms with E-state index in [9.17, 15) is 18.0 Å². The molecule has 0 saturated heterocycles. The van der Waals surface area contributed by atoms with Crippen molar-refractivity contribution < 1.29 is 18.0 Å². The molecule has 1 atom stereocenters. The first kappa shape index (κ1) is 15.6. The number of nitrogens with two attached hydrogens (primary N) is 1. The van der Waals surface area contributed by atoms with E-state index in [1.165, 1.54) is 7.05 Å². The fourth-order valence-corrected chi connectivity index (χ4v) is 1.55. The Morgan fingerprint density at radius 3 is 2.50 bits per heavy atom. The van der Waals surface area contributed by atoms with E-state index in [1.54, 1.807) is 11.8 Å². The summed E-state index contributed by atoms with van der Waals surface area (Å²) in [6.07, 6.45) is -2.87. The van der Waals surface area contributed by atoms with Gasteiger partial charge in [-0.05, 0) is 18.4 Å². The van der Waals surface area contributed by atoms with Crippen LogP contribution in [0.3, 0.4) is 0 Å². The van der Waals surface area contributed by atoms with E-state index in [0.29, 0.717) is 6.42 Å². The second kappa shape index (κ2) is 7.01. The van der Waals surface area contributed by atoms with E-state index in [2.05, 4.69) is 0 Å². The molecule has 0 aromatic rings. The summed E-state index contributed by atoms with van der Waals surface area (Å²) in [7, 11) is 1.34. The molecule has 0 rings (SSSR count). The highest BCUT2D eigenvalue weighted by Crippen LogP contribution is 2.19. The highest BCUT2D eigenvalue weighted by Gasteiger charge is 2.28. The van der Waals surface area contributed by atoms with Crippen LogP contribution in [0.25, 0.3) is 0 Å². The zero-order valence-electron chi connectivity index (χ0n) is 9.38. The molecule has 0 aliphatic heterocycles. The lowest BCUT2D eigenvalue weighted by molar-refractivity contribution is -0.144. The molecule has 0 heterocycles. The normalized spacial score (nSPS) is 13.6. The largest absolute Gasteiger partial charge is 0.390 e. The van der Waals surface area contributed by atoms with Gasteiger partial charge in [0.1, 0.15) is 0 Å². The molecule has 0 aromatic carbocycles. The summed E-state index contributed by atoms with van der Waals surface area (Å²) in [6, 6.07) is -0.703. The van der Waals surface area contributed by atoms with Crippen LogP contribution in [0.15, 0.2) is 0 Å². The SMILES string of the molecule is CSCC[C@H](N)C(=O)N(C)CCC(F)(F)F. The second-order valence-corrected chi connectivity index (χ2v) is 4.50. The molecule has 16 heavy (non-hydrogen) atoms. The third-order valence-electron chi connectivity index (χ3n) is 2.06. The first-order valence-corrected chi connectivity index (χ1v) is 6.23. The molecular formula is C9H17F3N2OS. The van der Waals surface area contributed by atoms with Gasteiger partial charge in [0.05, 0.1) is 12.5 Å². The van der Waals surface area contributed by atoms with Crippen molar-refractivity contribution in [3.8, 4) is 0 Å². The molecule has 0 bridgehead atoms. The fourth-order valence-electron chi connectivity index (χ4n) is 1.06. The van der Waals surface area contributed by atoms with Crippen LogP contribution in [0.4, 0.5) is 13.2 Å². The summed E-state index contributed by atoms with van der Waals surface area (Å²) in [6.45, 7) is -0.338. The predicted molar refractivity (Wildman–Crippen MR) is 59.3 cm³/mol. The van der Waals surface area contributed by atoms with Crippen LogP contribution in [0, 0.1) is 0 Å². The number of carbonyl (C=O) groups excluding carboxylic acids is 1. The topological polar surface area (TPSA) is 46.3 Å². The highest BCUT2D eigenvalue weighted by atomic mass is 32.2. The van der Waals surface area contributed by atoms with Gasteiger partial charge in [-0.15, -0.1) is 0 Å². The summed E-state index contributed by atoms with van der Waals surface area (Å²) in [4.78, 5) is 12.5. The molecule has 0 aromatic heterocycles. The minimum absolute atomic E-state index is 0.338. The van der Waals surface area contributed by atoms with Crippen molar-refractivity contribution in [1.82, 2.24) is 4.90 Å². The Labute approximate surface area is 97.5 Å². The summed E-state index contributed by atoms with van der Waals surface area (Å²) < 4.78 is 35.7. The lowest BCUT2D eigenvalue weighted by Gasteiger charge is -2.21. The molecule has 0 unspecified atom stereocenters. The Bertz CT molecular complexity index is 223. The van der Waals surface area contributed by atoms with Gasteiger partial charge in [0, 0.05) is 13.6 Å². The van der Waals surface area contributed by atoms with Gasteiger partial charge in [-0.25, -0.2) is 0 Å². The molecule has 0 aliphatic rings. The average molecular weight is 258 g/mol. The first-order valence-electron chi connectivity index (χ1n) is 4.84. The zero-order valence-corrected chi connectivity index (χ0v) is 10.2. The van der Waals surface area contributed by atoms with E-state index in [1.807, 2.05) is 6.26 Å². The number of likely N-dealkylation sites (N-methyl/N-ethyl adjacent to an activating group) is 1. The van der Waals surface area contributed by atoms with Crippen molar-refractivity contribution in [3.63, 3.8) is 0 Å². The third kappa shape index (κ3) is 6.95. The third-order valence-corrected chi connectivity index (χ3v) is 2.70. The summed E-state index contributed by atoms with van der Waals surface area (Å²) >= 11 is 1.55. The minimum Gasteiger partial charge on any atom is -0.344 e. The molecule has 2 N–H and O–H groups in total. The number of rotatable bonds is 6. The van der Waals surface area contributed by atoms with Crippen LogP contribution in [0.1, 0.15) is 12.8 Å². The molecule has 3 nitrogen and oxygen atoms in total. The quantitative estimate of drug-likeness (QED) is 0.785. The van der Waals surface area contributed by atoms with Crippen LogP contribution < -0.4 is 5.73 Å². The van der Waals surface area contributed by atoms with E-state index in [4.69, 9.17) is 5.73 Å². The van der Waals surface area contributed by atoms with E-state index < -0.39 is 24.5 Å². The van der Waals surface area contributed by atoms with Gasteiger partial charge in [-0.1, -0.05) is 0 Å². The molecular weight excluding hydrogens is 241 g/mol. The zero-order chi connectivity index (χ0) is 12.8. The maximum atomic E-state index is 11.9. The van der Waals surface area contributed by atoms with Crippen LogP contribution in [-0.2, 0) is 4.79 Å². The molecule has 1 amide bonds. The standard InChI is InChI=1S/C9H17F3N2OS/c1-14(5-4-9(10,11)12)8(15)7(13)3-6-16-2/h7H,3-6,13H2,1-2H3/t7-/m0/s1. The van der Waals surface area contributed by atoms with Crippen LogP contribution in [0.2, 0.25) is 0 Å². The number of hydrogen-bond acceptors (Lipinski definition) is 3. The van der Waals surface area contributed by atoms with Crippen molar-refractivity contribution >= 4 is 17.7 Å². The van der Waals surface area contributed by atoms with Gasteiger partial charge in [-0.2, -0.15) is 24.9 Å². The van der Waals surface area contributed by atoms with Crippen molar-refractivity contribution in [1.29, 1.82) is 0 Å². The van der Waals surface area contributed by atoms with E-state index in [0.717, 1.165) is 10.7 Å². The highest BCUT2D eigenvalue weighted by molar-refractivity contribution is 7.98. The van der Waals surface area contributed by atoms with Gasteiger partial charge in [0.15, 0.2) is 0 Å². The monoisotopic (exact) mass is 258 g/mol. The summed E-state index contributed by atoms with van der Waals surface area (Å²) in [5.74, 6) is 0.290. The Morgan fingerprint density at radius 2 is 2.06 bits per heavy atom. The number of hydrogen-bond donors (Lipinski definition) is 1. The molecule has 0 spiro atoms. The van der Waals surface area contributed by atoms with Gasteiger partial charge in [-0.3, -0.25) is 4.79 Å². The molecule has 0 radical (unpaired) electrons. The van der Waals surface area contributed by atoms with Crippen molar-refractivity contribution in [2.24, 2.45) is 5.73 Å². The van der Waals surface area contributed by atoms with Crippen molar-refractivity contribution in [3.05, 3.63) is 0 Å². The van der Waals surface area contributed by atoms with Gasteiger partial charge in [0.25, 0.3) is 0 Å². The summed E-state index contributed by atoms with van der Waals surface area (Å²) in [5, 5.41) is 0. The van der Waals surface area contributed by atoms with Crippen molar-refractivity contribution in [2.75, 3.05) is 25.6 Å². The van der Waals surface area contributed by atoms with E-state index >= 15 is 0 Å².